The van der Waals surface area contributed by atoms with Crippen LogP contribution >= 0.6 is 0 Å². The van der Waals surface area contributed by atoms with Crippen LogP contribution in [0.1, 0.15) is 146 Å². The van der Waals surface area contributed by atoms with Gasteiger partial charge in [0.1, 0.15) is 0 Å². The molecule has 0 fully saturated rings. The summed E-state index contributed by atoms with van der Waals surface area (Å²) in [6.07, 6.45) is 30.5. The van der Waals surface area contributed by atoms with Gasteiger partial charge in [-0.1, -0.05) is 190 Å². The summed E-state index contributed by atoms with van der Waals surface area (Å²) in [4.78, 5) is 0. The van der Waals surface area contributed by atoms with Gasteiger partial charge < -0.3 is 0 Å². The van der Waals surface area contributed by atoms with Crippen LogP contribution in [-0.2, 0) is 12.8 Å². The number of hydrogen-bond donors (Lipinski definition) is 0. The third kappa shape index (κ3) is 16.4. The highest BCUT2D eigenvalue weighted by Gasteiger charge is 2.20. The van der Waals surface area contributed by atoms with Crippen molar-refractivity contribution in [2.75, 3.05) is 0 Å². The Morgan fingerprint density at radius 2 is 0.816 bits per heavy atom. The summed E-state index contributed by atoms with van der Waals surface area (Å²) < 4.78 is 0. The van der Waals surface area contributed by atoms with Crippen molar-refractivity contribution in [3.8, 4) is 0 Å². The maximum Gasteiger partial charge on any atom is -0.0279 e. The van der Waals surface area contributed by atoms with Gasteiger partial charge in [0, 0.05) is 0 Å². The Bertz CT molecular complexity index is 733. The molecule has 0 nitrogen and oxygen atoms in total. The van der Waals surface area contributed by atoms with Crippen LogP contribution in [-0.4, -0.2) is 0 Å². The molecule has 213 valence electrons. The molecule has 2 rings (SSSR count). The van der Waals surface area contributed by atoms with E-state index in [1.165, 1.54) is 146 Å². The first-order valence-corrected chi connectivity index (χ1v) is 16.7. The first kappa shape index (κ1) is 32.7. The van der Waals surface area contributed by atoms with E-state index in [2.05, 4.69) is 74.5 Å². The van der Waals surface area contributed by atoms with Crippen molar-refractivity contribution in [1.82, 2.24) is 0 Å². The lowest BCUT2D eigenvalue weighted by Gasteiger charge is -2.28. The van der Waals surface area contributed by atoms with Crippen LogP contribution in [0.3, 0.4) is 0 Å². The Morgan fingerprint density at radius 3 is 1.29 bits per heavy atom. The van der Waals surface area contributed by atoms with E-state index in [1.807, 2.05) is 0 Å². The lowest BCUT2D eigenvalue weighted by Crippen LogP contribution is -2.16. The molecule has 0 saturated heterocycles. The van der Waals surface area contributed by atoms with Crippen LogP contribution in [0.15, 0.2) is 60.7 Å². The smallest absolute Gasteiger partial charge is 0.0279 e. The molecule has 2 aromatic rings. The highest BCUT2D eigenvalue weighted by Crippen LogP contribution is 2.33. The number of unbranched alkanes of at least 4 members (excludes halogenated alkanes) is 12. The van der Waals surface area contributed by atoms with E-state index >= 15 is 0 Å². The third-order valence-corrected chi connectivity index (χ3v) is 8.69. The van der Waals surface area contributed by atoms with E-state index in [9.17, 15) is 0 Å². The molecular formula is C38H61. The molecule has 0 bridgehead atoms. The van der Waals surface area contributed by atoms with Crippen molar-refractivity contribution in [2.45, 2.75) is 148 Å². The number of aryl methyl sites for hydroxylation is 2. The molecule has 0 aliphatic rings. The largest absolute Gasteiger partial charge is 0.0654 e. The predicted octanol–water partition coefficient (Wildman–Crippen LogP) is 12.4. The topological polar surface area (TPSA) is 0 Å². The fourth-order valence-electron chi connectivity index (χ4n) is 6.33. The minimum Gasteiger partial charge on any atom is -0.0654 e. The van der Waals surface area contributed by atoms with Gasteiger partial charge in [-0.3, -0.25) is 0 Å². The van der Waals surface area contributed by atoms with E-state index in [0.29, 0.717) is 0 Å². The van der Waals surface area contributed by atoms with E-state index in [0.717, 1.165) is 18.3 Å². The van der Waals surface area contributed by atoms with Gasteiger partial charge in [-0.15, -0.1) is 0 Å². The van der Waals surface area contributed by atoms with Crippen LogP contribution in [0.2, 0.25) is 0 Å². The van der Waals surface area contributed by atoms with Crippen LogP contribution in [0.4, 0.5) is 0 Å². The van der Waals surface area contributed by atoms with Crippen molar-refractivity contribution in [1.29, 1.82) is 0 Å². The van der Waals surface area contributed by atoms with Gasteiger partial charge in [0.15, 0.2) is 0 Å². The van der Waals surface area contributed by atoms with Crippen molar-refractivity contribution in [3.63, 3.8) is 0 Å². The molecule has 0 spiro atoms. The zero-order valence-corrected chi connectivity index (χ0v) is 25.2. The molecule has 2 unspecified atom stereocenters. The van der Waals surface area contributed by atoms with Crippen molar-refractivity contribution >= 4 is 0 Å². The minimum absolute atomic E-state index is 0.911. The third-order valence-electron chi connectivity index (χ3n) is 8.69. The zero-order chi connectivity index (χ0) is 26.9. The second-order valence-electron chi connectivity index (χ2n) is 11.9. The number of rotatable bonds is 25. The molecule has 1 radical (unpaired) electrons. The molecule has 0 aliphatic heterocycles. The molecule has 38 heavy (non-hydrogen) atoms. The molecule has 0 saturated carbocycles. The quantitative estimate of drug-likeness (QED) is 0.115. The number of hydrogen-bond acceptors (Lipinski definition) is 0. The Labute approximate surface area is 238 Å². The maximum atomic E-state index is 4.28. The average Bonchev–Trinajstić information content (AvgIpc) is 2.95. The van der Waals surface area contributed by atoms with Crippen molar-refractivity contribution in [2.24, 2.45) is 11.8 Å². The molecule has 2 aromatic carbocycles. The Balaban J connectivity index is 1.67. The van der Waals surface area contributed by atoms with Gasteiger partial charge in [-0.05, 0) is 48.6 Å². The molecule has 0 N–H and O–H groups in total. The summed E-state index contributed by atoms with van der Waals surface area (Å²) >= 11 is 0. The molecule has 2 atom stereocenters. The minimum atomic E-state index is 0.911. The van der Waals surface area contributed by atoms with E-state index in [-0.39, 0.29) is 0 Å². The Kier molecular flexibility index (Phi) is 20.1. The molecule has 0 amide bonds. The maximum absolute atomic E-state index is 4.28. The summed E-state index contributed by atoms with van der Waals surface area (Å²) in [6.45, 7) is 6.60. The lowest BCUT2D eigenvalue weighted by molar-refractivity contribution is 0.244. The standard InChI is InChI=1S/C38H61/c1-3-5-6-7-12-21-32-37(25-4-2)38(34-24-23-31-36-29-19-15-20-30-36)33-22-13-10-8-9-11-16-26-35-27-17-14-18-28-35/h14-15,17-20,27-30,37-38H,2-13,16,21-26,31-34H2,1H3. The van der Waals surface area contributed by atoms with Gasteiger partial charge in [-0.25, -0.2) is 0 Å². The van der Waals surface area contributed by atoms with Crippen molar-refractivity contribution < 1.29 is 0 Å². The molecule has 0 heteroatoms. The van der Waals surface area contributed by atoms with Crippen LogP contribution in [0, 0.1) is 18.8 Å². The highest BCUT2D eigenvalue weighted by molar-refractivity contribution is 5.15. The van der Waals surface area contributed by atoms with Crippen molar-refractivity contribution in [3.05, 3.63) is 78.7 Å². The second kappa shape index (κ2) is 23.3. The SMILES string of the molecule is [CH2]CCC(CCCCCCCC)C(CCCCCCCCCc1ccccc1)CCCCc1ccccc1. The fourth-order valence-corrected chi connectivity index (χ4v) is 6.33. The summed E-state index contributed by atoms with van der Waals surface area (Å²) in [5.41, 5.74) is 3.01. The van der Waals surface area contributed by atoms with Gasteiger partial charge in [-0.2, -0.15) is 0 Å². The van der Waals surface area contributed by atoms with Gasteiger partial charge >= 0.3 is 0 Å². The van der Waals surface area contributed by atoms with E-state index < -0.39 is 0 Å². The Hall–Kier alpha value is -1.56. The molecule has 0 aromatic heterocycles. The second-order valence-corrected chi connectivity index (χ2v) is 11.9. The molecule has 0 heterocycles. The van der Waals surface area contributed by atoms with Crippen LogP contribution in [0.25, 0.3) is 0 Å². The summed E-state index contributed by atoms with van der Waals surface area (Å²) in [6, 6.07) is 22.1. The lowest BCUT2D eigenvalue weighted by atomic mass is 9.78. The first-order valence-electron chi connectivity index (χ1n) is 16.7. The van der Waals surface area contributed by atoms with Crippen LogP contribution < -0.4 is 0 Å². The predicted molar refractivity (Wildman–Crippen MR) is 171 cm³/mol. The first-order chi connectivity index (χ1) is 18.8. The monoisotopic (exact) mass is 517 g/mol. The van der Waals surface area contributed by atoms with E-state index in [4.69, 9.17) is 0 Å². The average molecular weight is 518 g/mol. The van der Waals surface area contributed by atoms with Gasteiger partial charge in [0.05, 0.1) is 0 Å². The summed E-state index contributed by atoms with van der Waals surface area (Å²) in [5.74, 6) is 1.84. The van der Waals surface area contributed by atoms with Crippen LogP contribution in [0.5, 0.6) is 0 Å². The fraction of sp³-hybridized carbons (Fsp3) is 0.658. The van der Waals surface area contributed by atoms with E-state index in [1.54, 1.807) is 0 Å². The zero-order valence-electron chi connectivity index (χ0n) is 25.2. The summed E-state index contributed by atoms with van der Waals surface area (Å²) in [5, 5.41) is 0. The number of benzene rings is 2. The highest BCUT2D eigenvalue weighted by atomic mass is 14.3. The molecule has 0 aliphatic carbocycles. The summed E-state index contributed by atoms with van der Waals surface area (Å²) in [7, 11) is 0. The molecular weight excluding hydrogens is 456 g/mol. The van der Waals surface area contributed by atoms with Gasteiger partial charge in [0.2, 0.25) is 0 Å². The van der Waals surface area contributed by atoms with Gasteiger partial charge in [0.25, 0.3) is 0 Å². The Morgan fingerprint density at radius 1 is 0.447 bits per heavy atom. The normalized spacial score (nSPS) is 13.0.